The zero-order chi connectivity index (χ0) is 20.0. The van der Waals surface area contributed by atoms with Gasteiger partial charge in [0, 0.05) is 25.1 Å². The molecule has 0 N–H and O–H groups in total. The molecule has 29 heavy (non-hydrogen) atoms. The van der Waals surface area contributed by atoms with Crippen LogP contribution in [0, 0.1) is 19.8 Å². The third-order valence-corrected chi connectivity index (χ3v) is 7.32. The Morgan fingerprint density at radius 2 is 1.86 bits per heavy atom. The lowest BCUT2D eigenvalue weighted by molar-refractivity contribution is -0.140. The average molecular weight is 395 g/mol. The number of ether oxygens (including phenoxy) is 1. The number of carbonyl (C=O) groups is 1. The van der Waals surface area contributed by atoms with Crippen LogP contribution in [-0.4, -0.2) is 42.1 Å². The van der Waals surface area contributed by atoms with Crippen LogP contribution in [0.15, 0.2) is 22.7 Å². The largest absolute Gasteiger partial charge is 0.379 e. The molecule has 2 heterocycles. The van der Waals surface area contributed by atoms with Crippen LogP contribution >= 0.6 is 0 Å². The third-order valence-electron chi connectivity index (χ3n) is 7.32. The minimum Gasteiger partial charge on any atom is -0.379 e. The van der Waals surface area contributed by atoms with Crippen LogP contribution in [0.1, 0.15) is 54.7 Å². The van der Waals surface area contributed by atoms with Crippen LogP contribution in [-0.2, 0) is 21.5 Å². The van der Waals surface area contributed by atoms with Crippen molar-refractivity contribution in [1.82, 2.24) is 10.1 Å². The number of carbonyl (C=O) groups excluding carboxylic acids is 1. The second kappa shape index (κ2) is 7.37. The van der Waals surface area contributed by atoms with Gasteiger partial charge >= 0.3 is 0 Å². The second-order valence-corrected chi connectivity index (χ2v) is 8.87. The molecule has 0 spiro atoms. The molecule has 0 bridgehead atoms. The van der Waals surface area contributed by atoms with Crippen LogP contribution in [0.25, 0.3) is 11.1 Å². The molecule has 0 radical (unpaired) electrons. The number of morpholine rings is 1. The molecule has 1 atom stereocenters. The highest BCUT2D eigenvalue weighted by atomic mass is 16.5. The van der Waals surface area contributed by atoms with Crippen LogP contribution < -0.4 is 0 Å². The summed E-state index contributed by atoms with van der Waals surface area (Å²) in [5, 5.41) is 4.15. The molecular weight excluding hydrogens is 364 g/mol. The molecule has 1 aromatic carbocycles. The number of nitrogens with zero attached hydrogens (tertiary/aromatic N) is 2. The monoisotopic (exact) mass is 394 g/mol. The molecule has 2 aliphatic carbocycles. The normalized spacial score (nSPS) is 26.1. The van der Waals surface area contributed by atoms with E-state index >= 15 is 0 Å². The molecule has 3 aliphatic rings. The van der Waals surface area contributed by atoms with E-state index < -0.39 is 5.54 Å². The summed E-state index contributed by atoms with van der Waals surface area (Å²) in [5.74, 6) is 1.61. The van der Waals surface area contributed by atoms with E-state index in [1.807, 2.05) is 13.8 Å². The molecule has 1 saturated carbocycles. The van der Waals surface area contributed by atoms with E-state index in [1.54, 1.807) is 0 Å². The predicted molar refractivity (Wildman–Crippen MR) is 111 cm³/mol. The van der Waals surface area contributed by atoms with E-state index in [9.17, 15) is 4.79 Å². The number of benzene rings is 1. The Morgan fingerprint density at radius 1 is 1.10 bits per heavy atom. The van der Waals surface area contributed by atoms with Crippen molar-refractivity contribution >= 4 is 5.78 Å². The predicted octanol–water partition coefficient (Wildman–Crippen LogP) is 4.19. The summed E-state index contributed by atoms with van der Waals surface area (Å²) in [6.45, 7) is 7.03. The van der Waals surface area contributed by atoms with Crippen LogP contribution in [0.3, 0.4) is 0 Å². The van der Waals surface area contributed by atoms with Gasteiger partial charge in [-0.05, 0) is 55.4 Å². The zero-order valence-corrected chi connectivity index (χ0v) is 17.5. The highest BCUT2D eigenvalue weighted by Gasteiger charge is 2.55. The van der Waals surface area contributed by atoms with Gasteiger partial charge in [-0.25, -0.2) is 0 Å². The molecule has 1 saturated heterocycles. The summed E-state index contributed by atoms with van der Waals surface area (Å²) in [6.07, 6.45) is 6.56. The Balaban J connectivity index is 1.68. The molecule has 5 heteroatoms. The summed E-state index contributed by atoms with van der Waals surface area (Å²) < 4.78 is 11.1. The number of hydrogen-bond donors (Lipinski definition) is 0. The Bertz CT molecular complexity index is 883. The number of ketones is 1. The molecule has 154 valence electrons. The smallest absolute Gasteiger partial charge is 0.162 e. The summed E-state index contributed by atoms with van der Waals surface area (Å²) in [6, 6.07) is 6.57. The lowest BCUT2D eigenvalue weighted by Crippen LogP contribution is -2.58. The van der Waals surface area contributed by atoms with Crippen molar-refractivity contribution < 1.29 is 14.1 Å². The zero-order valence-electron chi connectivity index (χ0n) is 17.5. The first-order chi connectivity index (χ1) is 14.1. The van der Waals surface area contributed by atoms with Gasteiger partial charge in [-0.3, -0.25) is 9.69 Å². The molecule has 2 fully saturated rings. The minimum absolute atomic E-state index is 0.386. The summed E-state index contributed by atoms with van der Waals surface area (Å²) in [5.41, 5.74) is 5.02. The lowest BCUT2D eigenvalue weighted by atomic mass is 9.69. The fourth-order valence-corrected chi connectivity index (χ4v) is 6.08. The molecule has 1 aliphatic heterocycles. The fraction of sp³-hybridized carbons (Fsp3) is 0.583. The van der Waals surface area contributed by atoms with E-state index in [-0.39, 0.29) is 0 Å². The van der Waals surface area contributed by atoms with Gasteiger partial charge in [0.25, 0.3) is 0 Å². The SMILES string of the molecule is Cc1noc(C)c1-c1ccc2c(c1)C(C1CCCCC1)(N1CCOCC1)C(=O)C2. The van der Waals surface area contributed by atoms with Gasteiger partial charge in [0.2, 0.25) is 0 Å². The van der Waals surface area contributed by atoms with Crippen molar-refractivity contribution in [1.29, 1.82) is 0 Å². The first kappa shape index (κ1) is 19.0. The van der Waals surface area contributed by atoms with Crippen molar-refractivity contribution in [3.63, 3.8) is 0 Å². The Kier molecular flexibility index (Phi) is 4.83. The van der Waals surface area contributed by atoms with Gasteiger partial charge in [0.15, 0.2) is 5.78 Å². The molecule has 2 aromatic rings. The van der Waals surface area contributed by atoms with Crippen molar-refractivity contribution in [2.24, 2.45) is 5.92 Å². The first-order valence-electron chi connectivity index (χ1n) is 11.0. The lowest BCUT2D eigenvalue weighted by Gasteiger charge is -2.48. The summed E-state index contributed by atoms with van der Waals surface area (Å²) in [4.78, 5) is 16.2. The van der Waals surface area contributed by atoms with Crippen molar-refractivity contribution in [2.75, 3.05) is 26.3 Å². The molecule has 1 aromatic heterocycles. The van der Waals surface area contributed by atoms with Crippen LogP contribution in [0.5, 0.6) is 0 Å². The van der Waals surface area contributed by atoms with E-state index in [4.69, 9.17) is 9.26 Å². The maximum atomic E-state index is 13.8. The van der Waals surface area contributed by atoms with Gasteiger partial charge in [0.05, 0.1) is 18.9 Å². The molecular formula is C24H30N2O3. The molecule has 5 nitrogen and oxygen atoms in total. The molecule has 0 amide bonds. The Labute approximate surface area is 172 Å². The maximum Gasteiger partial charge on any atom is 0.162 e. The van der Waals surface area contributed by atoms with Gasteiger partial charge in [0.1, 0.15) is 11.3 Å². The standard InChI is InChI=1S/C24H30N2O3/c1-16-23(17(2)29-25-16)19-9-8-18-15-22(27)24(21(18)14-19,20-6-4-3-5-7-20)26-10-12-28-13-11-26/h8-9,14,20H,3-7,10-13,15H2,1-2H3. The number of fused-ring (bicyclic) bond motifs is 1. The van der Waals surface area contributed by atoms with E-state index in [0.717, 1.165) is 48.5 Å². The number of aromatic nitrogens is 1. The minimum atomic E-state index is -0.492. The highest BCUT2D eigenvalue weighted by Crippen LogP contribution is 2.50. The second-order valence-electron chi connectivity index (χ2n) is 8.87. The number of hydrogen-bond acceptors (Lipinski definition) is 5. The first-order valence-corrected chi connectivity index (χ1v) is 11.0. The van der Waals surface area contributed by atoms with Gasteiger partial charge in [-0.1, -0.05) is 36.6 Å². The number of rotatable bonds is 3. The van der Waals surface area contributed by atoms with E-state index in [0.29, 0.717) is 31.3 Å². The van der Waals surface area contributed by atoms with Crippen molar-refractivity contribution in [3.8, 4) is 11.1 Å². The summed E-state index contributed by atoms with van der Waals surface area (Å²) in [7, 11) is 0. The molecule has 5 rings (SSSR count). The van der Waals surface area contributed by atoms with Crippen LogP contribution in [0.2, 0.25) is 0 Å². The Morgan fingerprint density at radius 3 is 2.55 bits per heavy atom. The fourth-order valence-electron chi connectivity index (χ4n) is 6.08. The number of aryl methyl sites for hydroxylation is 2. The topological polar surface area (TPSA) is 55.6 Å². The van der Waals surface area contributed by atoms with Gasteiger partial charge in [-0.2, -0.15) is 0 Å². The third kappa shape index (κ3) is 2.89. The average Bonchev–Trinajstić information content (AvgIpc) is 3.24. The van der Waals surface area contributed by atoms with Crippen molar-refractivity contribution in [2.45, 2.75) is 57.9 Å². The van der Waals surface area contributed by atoms with Gasteiger partial charge < -0.3 is 9.26 Å². The maximum absolute atomic E-state index is 13.8. The highest BCUT2D eigenvalue weighted by molar-refractivity contribution is 5.97. The molecule has 1 unspecified atom stereocenters. The van der Waals surface area contributed by atoms with Crippen LogP contribution in [0.4, 0.5) is 0 Å². The van der Waals surface area contributed by atoms with Gasteiger partial charge in [-0.15, -0.1) is 0 Å². The Hall–Kier alpha value is -1.98. The quantitative estimate of drug-likeness (QED) is 0.781. The van der Waals surface area contributed by atoms with E-state index in [2.05, 4.69) is 28.3 Å². The number of Topliss-reactive ketones (excluding diaryl/α,β-unsaturated/α-hetero) is 1. The van der Waals surface area contributed by atoms with Crippen molar-refractivity contribution in [3.05, 3.63) is 40.8 Å². The van der Waals surface area contributed by atoms with E-state index in [1.165, 1.54) is 30.4 Å². The summed E-state index contributed by atoms with van der Waals surface area (Å²) >= 11 is 0.